The number of thiophene rings is 1. The van der Waals surface area contributed by atoms with E-state index in [1.807, 2.05) is 67.2 Å². The second kappa shape index (κ2) is 5.67. The van der Waals surface area contributed by atoms with Gasteiger partial charge in [0.1, 0.15) is 11.2 Å². The van der Waals surface area contributed by atoms with E-state index in [1.165, 1.54) is 11.3 Å². The summed E-state index contributed by atoms with van der Waals surface area (Å²) < 4.78 is 3.99. The molecule has 0 fully saturated rings. The van der Waals surface area contributed by atoms with Crippen LogP contribution in [0, 0.1) is 0 Å². The molecule has 3 aromatic heterocycles. The summed E-state index contributed by atoms with van der Waals surface area (Å²) in [6, 6.07) is 11.2. The van der Waals surface area contributed by atoms with Gasteiger partial charge in [-0.2, -0.15) is 0 Å². The standard InChI is InChI=1S/C19H17N3O2S/c1-11(2)17-20-18-14(15(23)16-13(21(18)3)9-10-25-16)19(24)22(17)12-7-5-4-6-8-12/h4-11H,1-3H3. The fraction of sp³-hybridized carbons (Fsp3) is 0.211. The van der Waals surface area contributed by atoms with E-state index in [9.17, 15) is 9.59 Å². The van der Waals surface area contributed by atoms with Crippen molar-refractivity contribution in [2.24, 2.45) is 7.05 Å². The van der Waals surface area contributed by atoms with E-state index >= 15 is 0 Å². The van der Waals surface area contributed by atoms with E-state index in [0.29, 0.717) is 16.2 Å². The lowest BCUT2D eigenvalue weighted by molar-refractivity contribution is 0.716. The zero-order chi connectivity index (χ0) is 17.7. The molecular formula is C19H17N3O2S. The third-order valence-electron chi connectivity index (χ3n) is 4.38. The number of aromatic nitrogens is 3. The Morgan fingerprint density at radius 1 is 1.08 bits per heavy atom. The number of hydrogen-bond acceptors (Lipinski definition) is 4. The normalized spacial score (nSPS) is 11.7. The highest BCUT2D eigenvalue weighted by atomic mass is 32.1. The Labute approximate surface area is 147 Å². The van der Waals surface area contributed by atoms with Gasteiger partial charge >= 0.3 is 0 Å². The molecule has 0 aliphatic carbocycles. The van der Waals surface area contributed by atoms with Crippen LogP contribution in [0.3, 0.4) is 0 Å². The molecule has 0 spiro atoms. The summed E-state index contributed by atoms with van der Waals surface area (Å²) in [6.45, 7) is 3.99. The van der Waals surface area contributed by atoms with Gasteiger partial charge in [-0.25, -0.2) is 4.98 Å². The van der Waals surface area contributed by atoms with Crippen molar-refractivity contribution in [1.82, 2.24) is 14.1 Å². The first-order valence-electron chi connectivity index (χ1n) is 8.09. The molecule has 126 valence electrons. The molecule has 0 bridgehead atoms. The van der Waals surface area contributed by atoms with Crippen molar-refractivity contribution in [3.05, 3.63) is 68.2 Å². The SMILES string of the molecule is CC(C)c1nc2c(c(=O)c3sccc3n2C)c(=O)n1-c1ccccc1. The summed E-state index contributed by atoms with van der Waals surface area (Å²) in [4.78, 5) is 31.0. The average molecular weight is 351 g/mol. The molecule has 0 amide bonds. The molecule has 0 radical (unpaired) electrons. The Balaban J connectivity index is 2.27. The zero-order valence-electron chi connectivity index (χ0n) is 14.2. The van der Waals surface area contributed by atoms with E-state index in [0.717, 1.165) is 11.2 Å². The summed E-state index contributed by atoms with van der Waals surface area (Å²) in [6.07, 6.45) is 0. The molecule has 4 aromatic rings. The fourth-order valence-electron chi connectivity index (χ4n) is 3.15. The smallest absolute Gasteiger partial charge is 0.271 e. The number of benzene rings is 1. The molecule has 25 heavy (non-hydrogen) atoms. The molecule has 0 saturated carbocycles. The Morgan fingerprint density at radius 2 is 1.80 bits per heavy atom. The lowest BCUT2D eigenvalue weighted by Gasteiger charge is -2.17. The third kappa shape index (κ3) is 2.25. The van der Waals surface area contributed by atoms with Crippen molar-refractivity contribution < 1.29 is 0 Å². The number of nitrogens with zero attached hydrogens (tertiary/aromatic N) is 3. The summed E-state index contributed by atoms with van der Waals surface area (Å²) >= 11 is 1.35. The molecule has 0 saturated heterocycles. The van der Waals surface area contributed by atoms with Crippen LogP contribution in [0.1, 0.15) is 25.6 Å². The second-order valence-electron chi connectivity index (χ2n) is 6.32. The Kier molecular flexibility index (Phi) is 3.58. The topological polar surface area (TPSA) is 56.9 Å². The molecule has 0 unspecified atom stereocenters. The minimum absolute atomic E-state index is 0.0329. The summed E-state index contributed by atoms with van der Waals surface area (Å²) in [5, 5.41) is 2.01. The van der Waals surface area contributed by atoms with Crippen molar-refractivity contribution >= 4 is 32.6 Å². The van der Waals surface area contributed by atoms with Crippen LogP contribution < -0.4 is 11.0 Å². The lowest BCUT2D eigenvalue weighted by atomic mass is 10.1. The lowest BCUT2D eigenvalue weighted by Crippen LogP contribution is -2.29. The van der Waals surface area contributed by atoms with Gasteiger partial charge in [-0.15, -0.1) is 11.3 Å². The van der Waals surface area contributed by atoms with Crippen LogP contribution in [0.15, 0.2) is 51.4 Å². The van der Waals surface area contributed by atoms with E-state index in [-0.39, 0.29) is 22.3 Å². The fourth-order valence-corrected chi connectivity index (χ4v) is 4.01. The van der Waals surface area contributed by atoms with Crippen molar-refractivity contribution in [1.29, 1.82) is 0 Å². The highest BCUT2D eigenvalue weighted by molar-refractivity contribution is 7.17. The van der Waals surface area contributed by atoms with Crippen LogP contribution in [0.5, 0.6) is 0 Å². The van der Waals surface area contributed by atoms with Gasteiger partial charge in [0, 0.05) is 13.0 Å². The summed E-state index contributed by atoms with van der Waals surface area (Å²) in [5.74, 6) is 0.679. The zero-order valence-corrected chi connectivity index (χ0v) is 15.0. The molecule has 0 atom stereocenters. The molecule has 1 aromatic carbocycles. The van der Waals surface area contributed by atoms with Crippen LogP contribution in [-0.2, 0) is 7.05 Å². The molecule has 4 rings (SSSR count). The van der Waals surface area contributed by atoms with Gasteiger partial charge in [-0.3, -0.25) is 14.2 Å². The predicted octanol–water partition coefficient (Wildman–Crippen LogP) is 3.42. The van der Waals surface area contributed by atoms with Gasteiger partial charge in [0.25, 0.3) is 5.56 Å². The number of pyridine rings is 1. The van der Waals surface area contributed by atoms with Crippen LogP contribution in [-0.4, -0.2) is 14.1 Å². The number of fused-ring (bicyclic) bond motifs is 2. The predicted molar refractivity (Wildman–Crippen MR) is 102 cm³/mol. The Bertz CT molecular complexity index is 1220. The first-order valence-corrected chi connectivity index (χ1v) is 8.97. The van der Waals surface area contributed by atoms with E-state index in [1.54, 1.807) is 4.57 Å². The Hall–Kier alpha value is -2.73. The highest BCUT2D eigenvalue weighted by Gasteiger charge is 2.20. The first kappa shape index (κ1) is 15.8. The van der Waals surface area contributed by atoms with Crippen molar-refractivity contribution in [3.63, 3.8) is 0 Å². The minimum Gasteiger partial charge on any atom is -0.327 e. The molecule has 5 nitrogen and oxygen atoms in total. The first-order chi connectivity index (χ1) is 12.0. The monoisotopic (exact) mass is 351 g/mol. The van der Waals surface area contributed by atoms with Gasteiger partial charge in [0.15, 0.2) is 5.65 Å². The molecular weight excluding hydrogens is 334 g/mol. The third-order valence-corrected chi connectivity index (χ3v) is 5.28. The second-order valence-corrected chi connectivity index (χ2v) is 7.24. The highest BCUT2D eigenvalue weighted by Crippen LogP contribution is 2.22. The minimum atomic E-state index is -0.309. The maximum Gasteiger partial charge on any atom is 0.271 e. The van der Waals surface area contributed by atoms with Gasteiger partial charge in [0.05, 0.1) is 15.9 Å². The largest absolute Gasteiger partial charge is 0.327 e. The van der Waals surface area contributed by atoms with Crippen molar-refractivity contribution in [2.45, 2.75) is 19.8 Å². The average Bonchev–Trinajstić information content (AvgIpc) is 3.10. The Morgan fingerprint density at radius 3 is 2.48 bits per heavy atom. The number of aryl methyl sites for hydroxylation is 1. The van der Waals surface area contributed by atoms with E-state index < -0.39 is 0 Å². The van der Waals surface area contributed by atoms with Gasteiger partial charge in [0.2, 0.25) is 5.43 Å². The van der Waals surface area contributed by atoms with Gasteiger partial charge in [-0.1, -0.05) is 32.0 Å². The molecule has 0 aliphatic heterocycles. The number of hydrogen-bond donors (Lipinski definition) is 0. The van der Waals surface area contributed by atoms with Crippen molar-refractivity contribution in [3.8, 4) is 5.69 Å². The number of rotatable bonds is 2. The molecule has 6 heteroatoms. The maximum absolute atomic E-state index is 13.3. The summed E-state index contributed by atoms with van der Waals surface area (Å²) in [5.41, 5.74) is 1.42. The van der Waals surface area contributed by atoms with E-state index in [4.69, 9.17) is 4.98 Å². The van der Waals surface area contributed by atoms with E-state index in [2.05, 4.69) is 0 Å². The number of para-hydroxylation sites is 1. The van der Waals surface area contributed by atoms with Crippen LogP contribution in [0.25, 0.3) is 26.9 Å². The van der Waals surface area contributed by atoms with Crippen LogP contribution in [0.2, 0.25) is 0 Å². The molecule has 0 aliphatic rings. The summed E-state index contributed by atoms with van der Waals surface area (Å²) in [7, 11) is 1.85. The maximum atomic E-state index is 13.3. The van der Waals surface area contributed by atoms with Crippen LogP contribution in [0.4, 0.5) is 0 Å². The van der Waals surface area contributed by atoms with Crippen LogP contribution >= 0.6 is 11.3 Å². The molecule has 3 heterocycles. The van der Waals surface area contributed by atoms with Gasteiger partial charge in [-0.05, 0) is 23.6 Å². The quantitative estimate of drug-likeness (QED) is 0.556. The molecule has 0 N–H and O–H groups in total. The van der Waals surface area contributed by atoms with Crippen molar-refractivity contribution in [2.75, 3.05) is 0 Å². The van der Waals surface area contributed by atoms with Gasteiger partial charge < -0.3 is 4.57 Å².